The second-order valence-corrected chi connectivity index (χ2v) is 6.51. The first-order chi connectivity index (χ1) is 8.34. The molecule has 0 aromatic rings. The van der Waals surface area contributed by atoms with Gasteiger partial charge in [0.05, 0.1) is 6.10 Å². The van der Waals surface area contributed by atoms with E-state index >= 15 is 0 Å². The van der Waals surface area contributed by atoms with E-state index in [9.17, 15) is 5.11 Å². The summed E-state index contributed by atoms with van der Waals surface area (Å²) in [5.41, 5.74) is 0. The summed E-state index contributed by atoms with van der Waals surface area (Å²) >= 11 is 0. The Hall–Kier alpha value is -0.0800. The van der Waals surface area contributed by atoms with Crippen LogP contribution in [0.3, 0.4) is 0 Å². The molecule has 3 rings (SSSR count). The zero-order valence-electron chi connectivity index (χ0n) is 11.0. The predicted octanol–water partition coefficient (Wildman–Crippen LogP) is 2.80. The summed E-state index contributed by atoms with van der Waals surface area (Å²) in [7, 11) is 0. The van der Waals surface area contributed by atoms with Gasteiger partial charge in [0.1, 0.15) is 0 Å². The molecule has 0 bridgehead atoms. The highest BCUT2D eigenvalue weighted by molar-refractivity contribution is 4.90. The number of fused-ring (bicyclic) bond motifs is 1. The van der Waals surface area contributed by atoms with Crippen LogP contribution in [0.5, 0.6) is 0 Å². The standard InChI is InChI=1S/C15H27NO/c17-15-8-4-3-7-14(15)16-10-9-12-5-1-2-6-13(12)11-16/h12-15,17H,1-11H2/t12?,13?,14-,15-/m1/s1. The van der Waals surface area contributed by atoms with Crippen LogP contribution in [0.4, 0.5) is 0 Å². The Morgan fingerprint density at radius 2 is 1.47 bits per heavy atom. The lowest BCUT2D eigenvalue weighted by atomic mass is 9.74. The maximum atomic E-state index is 10.2. The summed E-state index contributed by atoms with van der Waals surface area (Å²) in [4.78, 5) is 2.64. The average molecular weight is 237 g/mol. The van der Waals surface area contributed by atoms with E-state index < -0.39 is 0 Å². The Labute approximate surface area is 105 Å². The van der Waals surface area contributed by atoms with Gasteiger partial charge in [-0.25, -0.2) is 0 Å². The van der Waals surface area contributed by atoms with Gasteiger partial charge in [-0.05, 0) is 44.1 Å². The Balaban J connectivity index is 1.60. The molecule has 1 aliphatic heterocycles. The molecule has 0 spiro atoms. The van der Waals surface area contributed by atoms with Crippen molar-refractivity contribution in [3.05, 3.63) is 0 Å². The van der Waals surface area contributed by atoms with Crippen LogP contribution in [-0.4, -0.2) is 35.2 Å². The average Bonchev–Trinajstić information content (AvgIpc) is 2.39. The molecule has 1 heterocycles. The first kappa shape index (κ1) is 12.0. The molecule has 1 N–H and O–H groups in total. The Morgan fingerprint density at radius 3 is 2.29 bits per heavy atom. The molecule has 2 saturated carbocycles. The maximum absolute atomic E-state index is 10.2. The van der Waals surface area contributed by atoms with Crippen molar-refractivity contribution in [1.82, 2.24) is 4.90 Å². The summed E-state index contributed by atoms with van der Waals surface area (Å²) in [5.74, 6) is 1.97. The molecular weight excluding hydrogens is 210 g/mol. The summed E-state index contributed by atoms with van der Waals surface area (Å²) in [6.07, 6.45) is 12.0. The fourth-order valence-corrected chi connectivity index (χ4v) is 4.45. The van der Waals surface area contributed by atoms with Crippen LogP contribution in [0.1, 0.15) is 57.8 Å². The number of rotatable bonds is 1. The molecule has 0 aromatic heterocycles. The van der Waals surface area contributed by atoms with Crippen LogP contribution < -0.4 is 0 Å². The van der Waals surface area contributed by atoms with Crippen LogP contribution >= 0.6 is 0 Å². The molecule has 2 heteroatoms. The largest absolute Gasteiger partial charge is 0.391 e. The van der Waals surface area contributed by atoms with Crippen molar-refractivity contribution in [3.8, 4) is 0 Å². The lowest BCUT2D eigenvalue weighted by Crippen LogP contribution is -2.52. The summed E-state index contributed by atoms with van der Waals surface area (Å²) in [6.45, 7) is 2.54. The predicted molar refractivity (Wildman–Crippen MR) is 69.9 cm³/mol. The zero-order chi connectivity index (χ0) is 11.7. The van der Waals surface area contributed by atoms with Gasteiger partial charge in [0, 0.05) is 12.6 Å². The Morgan fingerprint density at radius 1 is 0.765 bits per heavy atom. The van der Waals surface area contributed by atoms with Crippen molar-refractivity contribution < 1.29 is 5.11 Å². The number of likely N-dealkylation sites (tertiary alicyclic amines) is 1. The third-order valence-electron chi connectivity index (χ3n) is 5.49. The SMILES string of the molecule is O[C@@H]1CCCC[C@H]1N1CCC2CCCCC2C1. The second kappa shape index (κ2) is 5.27. The molecule has 2 unspecified atom stereocenters. The van der Waals surface area contributed by atoms with Gasteiger partial charge in [0.15, 0.2) is 0 Å². The van der Waals surface area contributed by atoms with Crippen molar-refractivity contribution >= 4 is 0 Å². The first-order valence-corrected chi connectivity index (χ1v) is 7.77. The maximum Gasteiger partial charge on any atom is 0.0695 e. The normalized spacial score (nSPS) is 44.3. The summed E-state index contributed by atoms with van der Waals surface area (Å²) < 4.78 is 0. The molecule has 4 atom stereocenters. The fraction of sp³-hybridized carbons (Fsp3) is 1.00. The van der Waals surface area contributed by atoms with Gasteiger partial charge in [0.2, 0.25) is 0 Å². The van der Waals surface area contributed by atoms with Gasteiger partial charge >= 0.3 is 0 Å². The molecule has 1 saturated heterocycles. The van der Waals surface area contributed by atoms with Crippen LogP contribution in [0.15, 0.2) is 0 Å². The van der Waals surface area contributed by atoms with Crippen molar-refractivity contribution in [2.24, 2.45) is 11.8 Å². The number of piperidine rings is 1. The topological polar surface area (TPSA) is 23.5 Å². The number of aliphatic hydroxyl groups is 1. The molecule has 0 radical (unpaired) electrons. The third-order valence-corrected chi connectivity index (χ3v) is 5.49. The fourth-order valence-electron chi connectivity index (χ4n) is 4.45. The van der Waals surface area contributed by atoms with Crippen LogP contribution in [0.2, 0.25) is 0 Å². The van der Waals surface area contributed by atoms with Gasteiger partial charge in [-0.15, -0.1) is 0 Å². The summed E-state index contributed by atoms with van der Waals surface area (Å²) in [5, 5.41) is 10.2. The molecule has 17 heavy (non-hydrogen) atoms. The van der Waals surface area contributed by atoms with E-state index in [0.29, 0.717) is 6.04 Å². The van der Waals surface area contributed by atoms with Gasteiger partial charge in [-0.3, -0.25) is 4.90 Å². The number of nitrogens with zero attached hydrogens (tertiary/aromatic N) is 1. The number of hydrogen-bond donors (Lipinski definition) is 1. The molecule has 3 aliphatic rings. The first-order valence-electron chi connectivity index (χ1n) is 7.77. The van der Waals surface area contributed by atoms with Crippen molar-refractivity contribution in [1.29, 1.82) is 0 Å². The minimum Gasteiger partial charge on any atom is -0.391 e. The minimum absolute atomic E-state index is 0.0381. The lowest BCUT2D eigenvalue weighted by molar-refractivity contribution is -0.0197. The monoisotopic (exact) mass is 237 g/mol. The number of hydrogen-bond acceptors (Lipinski definition) is 2. The van der Waals surface area contributed by atoms with Gasteiger partial charge in [0.25, 0.3) is 0 Å². The Bertz CT molecular complexity index is 255. The smallest absolute Gasteiger partial charge is 0.0695 e. The van der Waals surface area contributed by atoms with E-state index in [-0.39, 0.29) is 6.10 Å². The highest BCUT2D eigenvalue weighted by Gasteiger charge is 2.36. The van der Waals surface area contributed by atoms with E-state index in [4.69, 9.17) is 0 Å². The zero-order valence-corrected chi connectivity index (χ0v) is 11.0. The highest BCUT2D eigenvalue weighted by atomic mass is 16.3. The molecule has 3 fully saturated rings. The van der Waals surface area contributed by atoms with E-state index in [0.717, 1.165) is 18.3 Å². The van der Waals surface area contributed by atoms with E-state index in [2.05, 4.69) is 4.90 Å². The molecule has 0 aromatic carbocycles. The molecule has 98 valence electrons. The van der Waals surface area contributed by atoms with E-state index in [1.807, 2.05) is 0 Å². The summed E-state index contributed by atoms with van der Waals surface area (Å²) in [6, 6.07) is 0.492. The van der Waals surface area contributed by atoms with Crippen molar-refractivity contribution in [2.45, 2.75) is 69.9 Å². The molecule has 2 aliphatic carbocycles. The molecule has 2 nitrogen and oxygen atoms in total. The van der Waals surface area contributed by atoms with E-state index in [1.54, 1.807) is 0 Å². The van der Waals surface area contributed by atoms with Crippen molar-refractivity contribution in [2.75, 3.05) is 13.1 Å². The van der Waals surface area contributed by atoms with Crippen LogP contribution in [-0.2, 0) is 0 Å². The third kappa shape index (κ3) is 2.53. The molecular formula is C15H27NO. The van der Waals surface area contributed by atoms with Gasteiger partial charge in [-0.1, -0.05) is 32.1 Å². The number of aliphatic hydroxyl groups excluding tert-OH is 1. The molecule has 0 amide bonds. The Kier molecular flexibility index (Phi) is 3.72. The quantitative estimate of drug-likeness (QED) is 0.758. The highest BCUT2D eigenvalue weighted by Crippen LogP contribution is 2.38. The minimum atomic E-state index is -0.0381. The lowest BCUT2D eigenvalue weighted by Gasteiger charge is -2.46. The van der Waals surface area contributed by atoms with Crippen molar-refractivity contribution in [3.63, 3.8) is 0 Å². The van der Waals surface area contributed by atoms with Crippen LogP contribution in [0, 0.1) is 11.8 Å². The van der Waals surface area contributed by atoms with Gasteiger partial charge in [-0.2, -0.15) is 0 Å². The van der Waals surface area contributed by atoms with E-state index in [1.165, 1.54) is 64.5 Å². The van der Waals surface area contributed by atoms with Gasteiger partial charge < -0.3 is 5.11 Å². The second-order valence-electron chi connectivity index (χ2n) is 6.51. The van der Waals surface area contributed by atoms with Crippen LogP contribution in [0.25, 0.3) is 0 Å².